The standard InChI is InChI=1S/C19H28O4/c1-3-4-5-6-7-8-9-10-11-14-23-16-12-13-17(18(20)15-16)19(21)22-2/h3,12-13,15,20H,1,4-11,14H2,2H3. The molecule has 0 bridgehead atoms. The molecule has 0 unspecified atom stereocenters. The smallest absolute Gasteiger partial charge is 0.341 e. The van der Waals surface area contributed by atoms with Crippen molar-refractivity contribution in [2.75, 3.05) is 13.7 Å². The zero-order valence-electron chi connectivity index (χ0n) is 14.1. The zero-order chi connectivity index (χ0) is 16.9. The van der Waals surface area contributed by atoms with E-state index in [1.807, 2.05) is 6.08 Å². The fourth-order valence-corrected chi connectivity index (χ4v) is 2.35. The van der Waals surface area contributed by atoms with Gasteiger partial charge in [-0.1, -0.05) is 38.2 Å². The number of carbonyl (C=O) groups is 1. The number of phenols is 1. The highest BCUT2D eigenvalue weighted by Crippen LogP contribution is 2.24. The van der Waals surface area contributed by atoms with Crippen LogP contribution in [0.4, 0.5) is 0 Å². The molecular formula is C19H28O4. The Morgan fingerprint density at radius 2 is 1.78 bits per heavy atom. The molecule has 0 aliphatic rings. The summed E-state index contributed by atoms with van der Waals surface area (Å²) < 4.78 is 10.2. The summed E-state index contributed by atoms with van der Waals surface area (Å²) in [6.07, 6.45) is 11.6. The predicted molar refractivity (Wildman–Crippen MR) is 92.1 cm³/mol. The summed E-state index contributed by atoms with van der Waals surface area (Å²) in [5.41, 5.74) is 0.149. The molecule has 0 atom stereocenters. The van der Waals surface area contributed by atoms with Crippen molar-refractivity contribution >= 4 is 5.97 Å². The largest absolute Gasteiger partial charge is 0.507 e. The number of phenolic OH excluding ortho intramolecular Hbond substituents is 1. The quantitative estimate of drug-likeness (QED) is 0.339. The van der Waals surface area contributed by atoms with Crippen LogP contribution in [0.2, 0.25) is 0 Å². The molecule has 1 N–H and O–H groups in total. The van der Waals surface area contributed by atoms with E-state index in [4.69, 9.17) is 4.74 Å². The van der Waals surface area contributed by atoms with Gasteiger partial charge in [0.05, 0.1) is 13.7 Å². The Morgan fingerprint density at radius 3 is 2.39 bits per heavy atom. The molecule has 0 radical (unpaired) electrons. The van der Waals surface area contributed by atoms with Gasteiger partial charge in [-0.25, -0.2) is 4.79 Å². The number of benzene rings is 1. The highest BCUT2D eigenvalue weighted by Gasteiger charge is 2.11. The van der Waals surface area contributed by atoms with Gasteiger partial charge in [-0.3, -0.25) is 0 Å². The lowest BCUT2D eigenvalue weighted by Crippen LogP contribution is -2.02. The Bertz CT molecular complexity index is 482. The number of rotatable bonds is 12. The lowest BCUT2D eigenvalue weighted by atomic mass is 10.1. The first kappa shape index (κ1) is 19.1. The van der Waals surface area contributed by atoms with Gasteiger partial charge >= 0.3 is 5.97 Å². The molecule has 0 heterocycles. The molecule has 1 rings (SSSR count). The fourth-order valence-electron chi connectivity index (χ4n) is 2.35. The van der Waals surface area contributed by atoms with E-state index in [2.05, 4.69) is 11.3 Å². The lowest BCUT2D eigenvalue weighted by molar-refractivity contribution is 0.0597. The number of methoxy groups -OCH3 is 1. The molecule has 0 saturated heterocycles. The predicted octanol–water partition coefficient (Wildman–Crippen LogP) is 4.86. The van der Waals surface area contributed by atoms with Crippen molar-refractivity contribution in [3.8, 4) is 11.5 Å². The minimum Gasteiger partial charge on any atom is -0.507 e. The van der Waals surface area contributed by atoms with E-state index in [0.29, 0.717) is 12.4 Å². The first-order valence-electron chi connectivity index (χ1n) is 8.34. The van der Waals surface area contributed by atoms with Crippen molar-refractivity contribution in [1.29, 1.82) is 0 Å². The third kappa shape index (κ3) is 7.73. The number of hydrogen-bond acceptors (Lipinski definition) is 4. The summed E-state index contributed by atoms with van der Waals surface area (Å²) in [5, 5.41) is 9.77. The van der Waals surface area contributed by atoms with Gasteiger partial charge in [-0.15, -0.1) is 6.58 Å². The number of ether oxygens (including phenoxy) is 2. The van der Waals surface area contributed by atoms with E-state index in [1.54, 1.807) is 6.07 Å². The van der Waals surface area contributed by atoms with Crippen molar-refractivity contribution in [2.45, 2.75) is 51.4 Å². The van der Waals surface area contributed by atoms with Crippen LogP contribution in [0.15, 0.2) is 30.9 Å². The molecule has 23 heavy (non-hydrogen) atoms. The highest BCUT2D eigenvalue weighted by atomic mass is 16.5. The van der Waals surface area contributed by atoms with Crippen LogP contribution in [0.1, 0.15) is 61.7 Å². The average molecular weight is 320 g/mol. The molecule has 0 saturated carbocycles. The van der Waals surface area contributed by atoms with Crippen molar-refractivity contribution in [3.05, 3.63) is 36.4 Å². The molecule has 0 aliphatic heterocycles. The Balaban J connectivity index is 2.13. The SMILES string of the molecule is C=CCCCCCCCCCOc1ccc(C(=O)OC)c(O)c1. The topological polar surface area (TPSA) is 55.8 Å². The van der Waals surface area contributed by atoms with Crippen molar-refractivity contribution in [3.63, 3.8) is 0 Å². The molecule has 1 aromatic rings. The van der Waals surface area contributed by atoms with E-state index < -0.39 is 5.97 Å². The van der Waals surface area contributed by atoms with Crippen molar-refractivity contribution in [1.82, 2.24) is 0 Å². The number of allylic oxidation sites excluding steroid dienone is 1. The lowest BCUT2D eigenvalue weighted by Gasteiger charge is -2.08. The average Bonchev–Trinajstić information content (AvgIpc) is 2.56. The maximum Gasteiger partial charge on any atom is 0.341 e. The van der Waals surface area contributed by atoms with Crippen LogP contribution < -0.4 is 4.74 Å². The minimum absolute atomic E-state index is 0.117. The molecule has 1 aromatic carbocycles. The van der Waals surface area contributed by atoms with Gasteiger partial charge < -0.3 is 14.6 Å². The van der Waals surface area contributed by atoms with E-state index in [0.717, 1.165) is 19.3 Å². The van der Waals surface area contributed by atoms with Gasteiger partial charge in [-0.2, -0.15) is 0 Å². The maximum absolute atomic E-state index is 11.4. The summed E-state index contributed by atoms with van der Waals surface area (Å²) in [7, 11) is 1.28. The van der Waals surface area contributed by atoms with E-state index in [9.17, 15) is 9.90 Å². The van der Waals surface area contributed by atoms with Crippen LogP contribution in [-0.2, 0) is 4.74 Å². The summed E-state index contributed by atoms with van der Waals surface area (Å²) in [4.78, 5) is 11.4. The van der Waals surface area contributed by atoms with Crippen molar-refractivity contribution < 1.29 is 19.4 Å². The van der Waals surface area contributed by atoms with Crippen molar-refractivity contribution in [2.24, 2.45) is 0 Å². The molecule has 0 amide bonds. The third-order valence-electron chi connectivity index (χ3n) is 3.70. The van der Waals surface area contributed by atoms with Gasteiger partial charge in [0.1, 0.15) is 17.1 Å². The van der Waals surface area contributed by atoms with E-state index >= 15 is 0 Å². The Labute approximate surface area is 139 Å². The van der Waals surface area contributed by atoms with Crippen LogP contribution in [0.5, 0.6) is 11.5 Å². The first-order valence-corrected chi connectivity index (χ1v) is 8.34. The third-order valence-corrected chi connectivity index (χ3v) is 3.70. The Hall–Kier alpha value is -1.97. The van der Waals surface area contributed by atoms with Crippen LogP contribution in [0.25, 0.3) is 0 Å². The molecule has 4 nitrogen and oxygen atoms in total. The van der Waals surface area contributed by atoms with E-state index in [1.165, 1.54) is 51.3 Å². The normalized spacial score (nSPS) is 10.3. The van der Waals surface area contributed by atoms with Crippen LogP contribution in [0, 0.1) is 0 Å². The number of carbonyl (C=O) groups excluding carboxylic acids is 1. The monoisotopic (exact) mass is 320 g/mol. The summed E-state index contributed by atoms with van der Waals surface area (Å²) >= 11 is 0. The van der Waals surface area contributed by atoms with Gasteiger partial charge in [0, 0.05) is 6.07 Å². The zero-order valence-corrected chi connectivity index (χ0v) is 14.1. The molecule has 128 valence electrons. The summed E-state index contributed by atoms with van der Waals surface area (Å²) in [5.74, 6) is -0.101. The molecular weight excluding hydrogens is 292 g/mol. The second kappa shape index (κ2) is 11.6. The van der Waals surface area contributed by atoms with Gasteiger partial charge in [0.2, 0.25) is 0 Å². The number of esters is 1. The number of unbranched alkanes of at least 4 members (excludes halogenated alkanes) is 7. The first-order chi connectivity index (χ1) is 11.2. The second-order valence-electron chi connectivity index (χ2n) is 5.57. The molecule has 0 fully saturated rings. The molecule has 0 spiro atoms. The maximum atomic E-state index is 11.4. The minimum atomic E-state index is -0.554. The molecule has 0 aliphatic carbocycles. The van der Waals surface area contributed by atoms with Gasteiger partial charge in [0.25, 0.3) is 0 Å². The van der Waals surface area contributed by atoms with E-state index in [-0.39, 0.29) is 11.3 Å². The van der Waals surface area contributed by atoms with Gasteiger partial charge in [-0.05, 0) is 31.4 Å². The number of hydrogen-bond donors (Lipinski definition) is 1. The van der Waals surface area contributed by atoms with Crippen LogP contribution >= 0.6 is 0 Å². The highest BCUT2D eigenvalue weighted by molar-refractivity contribution is 5.92. The molecule has 4 heteroatoms. The Kier molecular flexibility index (Phi) is 9.60. The number of aromatic hydroxyl groups is 1. The second-order valence-corrected chi connectivity index (χ2v) is 5.57. The summed E-state index contributed by atoms with van der Waals surface area (Å²) in [6.45, 7) is 4.34. The fraction of sp³-hybridized carbons (Fsp3) is 0.526. The van der Waals surface area contributed by atoms with Gasteiger partial charge in [0.15, 0.2) is 0 Å². The van der Waals surface area contributed by atoms with Crippen LogP contribution in [0.3, 0.4) is 0 Å². The summed E-state index contributed by atoms with van der Waals surface area (Å²) in [6, 6.07) is 4.64. The van der Waals surface area contributed by atoms with Crippen LogP contribution in [-0.4, -0.2) is 24.8 Å². The Morgan fingerprint density at radius 1 is 1.13 bits per heavy atom. The molecule has 0 aromatic heterocycles.